The number of amides is 1. The maximum Gasteiger partial charge on any atom is 0.270 e. The lowest BCUT2D eigenvalue weighted by Crippen LogP contribution is -2.43. The zero-order chi connectivity index (χ0) is 16.9. The lowest BCUT2D eigenvalue weighted by atomic mass is 10.1. The number of aromatic nitrogens is 2. The molecule has 1 aliphatic heterocycles. The highest BCUT2D eigenvalue weighted by molar-refractivity contribution is 5.76. The zero-order valence-corrected chi connectivity index (χ0v) is 13.5. The molecule has 1 amide bonds. The summed E-state index contributed by atoms with van der Waals surface area (Å²) in [5, 5.41) is 4.35. The number of ether oxygens (including phenoxy) is 2. The zero-order valence-electron chi connectivity index (χ0n) is 13.5. The van der Waals surface area contributed by atoms with Crippen molar-refractivity contribution in [1.29, 1.82) is 0 Å². The molecule has 1 aromatic heterocycles. The van der Waals surface area contributed by atoms with Crippen molar-refractivity contribution in [3.05, 3.63) is 46.8 Å². The first-order valence-corrected chi connectivity index (χ1v) is 7.76. The Morgan fingerprint density at radius 2 is 1.96 bits per heavy atom. The molecule has 2 aromatic rings. The number of carbonyl (C=O) groups is 1. The molecule has 1 aromatic carbocycles. The van der Waals surface area contributed by atoms with Gasteiger partial charge in [-0.1, -0.05) is 30.3 Å². The van der Waals surface area contributed by atoms with Crippen LogP contribution >= 0.6 is 0 Å². The molecule has 126 valence electrons. The third-order valence-corrected chi connectivity index (χ3v) is 3.88. The number of benzene rings is 1. The topological polar surface area (TPSA) is 73.7 Å². The lowest BCUT2D eigenvalue weighted by Gasteiger charge is -2.26. The predicted octanol–water partition coefficient (Wildman–Crippen LogP) is 0.778. The van der Waals surface area contributed by atoms with E-state index in [1.807, 2.05) is 30.3 Å². The van der Waals surface area contributed by atoms with E-state index >= 15 is 0 Å². The van der Waals surface area contributed by atoms with E-state index in [1.54, 1.807) is 4.90 Å². The molecular weight excluding hydrogens is 310 g/mol. The van der Waals surface area contributed by atoms with Crippen molar-refractivity contribution in [2.24, 2.45) is 0 Å². The molecule has 0 aliphatic carbocycles. The second-order valence-corrected chi connectivity index (χ2v) is 5.42. The summed E-state index contributed by atoms with van der Waals surface area (Å²) in [6.07, 6.45) is 0. The van der Waals surface area contributed by atoms with Crippen LogP contribution in [-0.4, -0.2) is 54.0 Å². The van der Waals surface area contributed by atoms with Gasteiger partial charge in [0.1, 0.15) is 12.2 Å². The summed E-state index contributed by atoms with van der Waals surface area (Å²) in [6.45, 7) is 2.02. The third-order valence-electron chi connectivity index (χ3n) is 3.88. The molecule has 0 spiro atoms. The van der Waals surface area contributed by atoms with Gasteiger partial charge < -0.3 is 14.4 Å². The molecular formula is C17H19N3O4. The molecule has 24 heavy (non-hydrogen) atoms. The Bertz CT molecular complexity index is 767. The van der Waals surface area contributed by atoms with E-state index in [0.717, 1.165) is 5.56 Å². The van der Waals surface area contributed by atoms with E-state index in [-0.39, 0.29) is 18.0 Å². The molecule has 0 atom stereocenters. The fourth-order valence-corrected chi connectivity index (χ4v) is 2.58. The first-order chi connectivity index (χ1) is 11.7. The van der Waals surface area contributed by atoms with E-state index in [1.165, 1.54) is 17.9 Å². The number of methoxy groups -OCH3 is 1. The third kappa shape index (κ3) is 3.46. The Morgan fingerprint density at radius 1 is 1.25 bits per heavy atom. The van der Waals surface area contributed by atoms with Crippen LogP contribution < -0.4 is 10.3 Å². The second-order valence-electron chi connectivity index (χ2n) is 5.42. The quantitative estimate of drug-likeness (QED) is 0.829. The van der Waals surface area contributed by atoms with E-state index in [9.17, 15) is 9.59 Å². The van der Waals surface area contributed by atoms with Gasteiger partial charge >= 0.3 is 0 Å². The average molecular weight is 329 g/mol. The molecule has 7 nitrogen and oxygen atoms in total. The van der Waals surface area contributed by atoms with Crippen molar-refractivity contribution in [3.8, 4) is 17.0 Å². The molecule has 1 fully saturated rings. The highest BCUT2D eigenvalue weighted by Gasteiger charge is 2.19. The Morgan fingerprint density at radius 3 is 2.62 bits per heavy atom. The Hall–Kier alpha value is -2.67. The summed E-state index contributed by atoms with van der Waals surface area (Å²) in [4.78, 5) is 26.3. The summed E-state index contributed by atoms with van der Waals surface area (Å²) in [6, 6.07) is 10.8. The van der Waals surface area contributed by atoms with Gasteiger partial charge in [-0.2, -0.15) is 5.10 Å². The van der Waals surface area contributed by atoms with Crippen molar-refractivity contribution in [1.82, 2.24) is 14.7 Å². The summed E-state index contributed by atoms with van der Waals surface area (Å²) in [7, 11) is 1.49. The maximum atomic E-state index is 12.4. The van der Waals surface area contributed by atoms with Gasteiger partial charge in [-0.3, -0.25) is 9.59 Å². The maximum absolute atomic E-state index is 12.4. The van der Waals surface area contributed by atoms with Gasteiger partial charge in [0.15, 0.2) is 5.75 Å². The van der Waals surface area contributed by atoms with Crippen LogP contribution in [0.4, 0.5) is 0 Å². The Balaban J connectivity index is 1.90. The van der Waals surface area contributed by atoms with Crippen LogP contribution in [0.15, 0.2) is 41.2 Å². The SMILES string of the molecule is COc1cc(=O)n(CC(=O)N2CCOCC2)nc1-c1ccccc1. The number of carbonyl (C=O) groups excluding carboxylic acids is 1. The number of hydrogen-bond acceptors (Lipinski definition) is 5. The van der Waals surface area contributed by atoms with Gasteiger partial charge in [0.25, 0.3) is 5.56 Å². The van der Waals surface area contributed by atoms with Crippen molar-refractivity contribution < 1.29 is 14.3 Å². The van der Waals surface area contributed by atoms with Gasteiger partial charge in [0, 0.05) is 24.7 Å². The summed E-state index contributed by atoms with van der Waals surface area (Å²) >= 11 is 0. The number of hydrogen-bond donors (Lipinski definition) is 0. The monoisotopic (exact) mass is 329 g/mol. The van der Waals surface area contributed by atoms with Crippen LogP contribution in [-0.2, 0) is 16.1 Å². The fraction of sp³-hybridized carbons (Fsp3) is 0.353. The van der Waals surface area contributed by atoms with E-state index in [4.69, 9.17) is 9.47 Å². The van der Waals surface area contributed by atoms with E-state index in [0.29, 0.717) is 37.7 Å². The van der Waals surface area contributed by atoms with Gasteiger partial charge in [-0.25, -0.2) is 4.68 Å². The largest absolute Gasteiger partial charge is 0.494 e. The van der Waals surface area contributed by atoms with E-state index in [2.05, 4.69) is 5.10 Å². The van der Waals surface area contributed by atoms with Crippen LogP contribution in [0.1, 0.15) is 0 Å². The normalized spacial score (nSPS) is 14.5. The number of nitrogens with zero attached hydrogens (tertiary/aromatic N) is 3. The van der Waals surface area contributed by atoms with Gasteiger partial charge in [0.2, 0.25) is 5.91 Å². The first kappa shape index (κ1) is 16.2. The minimum atomic E-state index is -0.367. The Labute approximate surface area is 139 Å². The molecule has 7 heteroatoms. The smallest absolute Gasteiger partial charge is 0.270 e. The minimum absolute atomic E-state index is 0.0946. The van der Waals surface area contributed by atoms with E-state index < -0.39 is 0 Å². The lowest BCUT2D eigenvalue weighted by molar-refractivity contribution is -0.136. The molecule has 0 bridgehead atoms. The molecule has 3 rings (SSSR count). The standard InChI is InChI=1S/C17H19N3O4/c1-23-14-11-15(21)20(12-16(22)19-7-9-24-10-8-19)18-17(14)13-5-3-2-4-6-13/h2-6,11H,7-10,12H2,1H3. The number of morpholine rings is 1. The molecule has 0 unspecified atom stereocenters. The van der Waals surface area contributed by atoms with Crippen LogP contribution in [0.3, 0.4) is 0 Å². The highest BCUT2D eigenvalue weighted by atomic mass is 16.5. The minimum Gasteiger partial charge on any atom is -0.494 e. The number of rotatable bonds is 4. The average Bonchev–Trinajstić information content (AvgIpc) is 2.64. The van der Waals surface area contributed by atoms with Crippen LogP contribution in [0.25, 0.3) is 11.3 Å². The van der Waals surface area contributed by atoms with Crippen molar-refractivity contribution in [3.63, 3.8) is 0 Å². The predicted molar refractivity (Wildman–Crippen MR) is 87.9 cm³/mol. The summed E-state index contributed by atoms with van der Waals surface area (Å²) in [5.41, 5.74) is 0.988. The molecule has 1 aliphatic rings. The van der Waals surface area contributed by atoms with Crippen LogP contribution in [0, 0.1) is 0 Å². The van der Waals surface area contributed by atoms with Gasteiger partial charge in [-0.15, -0.1) is 0 Å². The van der Waals surface area contributed by atoms with Crippen molar-refractivity contribution in [2.45, 2.75) is 6.54 Å². The van der Waals surface area contributed by atoms with Crippen molar-refractivity contribution >= 4 is 5.91 Å². The molecule has 0 N–H and O–H groups in total. The molecule has 0 saturated carbocycles. The van der Waals surface area contributed by atoms with Gasteiger partial charge in [0.05, 0.1) is 20.3 Å². The summed E-state index contributed by atoms with van der Waals surface area (Å²) in [5.74, 6) is 0.248. The van der Waals surface area contributed by atoms with Crippen molar-refractivity contribution in [2.75, 3.05) is 33.4 Å². The second kappa shape index (κ2) is 7.27. The molecule has 1 saturated heterocycles. The Kier molecular flexibility index (Phi) is 4.90. The van der Waals surface area contributed by atoms with Crippen LogP contribution in [0.5, 0.6) is 5.75 Å². The molecule has 2 heterocycles. The fourth-order valence-electron chi connectivity index (χ4n) is 2.58. The summed E-state index contributed by atoms with van der Waals surface area (Å²) < 4.78 is 11.7. The van der Waals surface area contributed by atoms with Crippen LogP contribution in [0.2, 0.25) is 0 Å². The van der Waals surface area contributed by atoms with Gasteiger partial charge in [-0.05, 0) is 0 Å². The highest BCUT2D eigenvalue weighted by Crippen LogP contribution is 2.25. The first-order valence-electron chi connectivity index (χ1n) is 7.76. The molecule has 0 radical (unpaired) electrons.